The van der Waals surface area contributed by atoms with E-state index in [1.165, 1.54) is 22.4 Å². The first-order valence-electron chi connectivity index (χ1n) is 10.3. The molecule has 1 aliphatic heterocycles. The molecule has 0 atom stereocenters. The molecule has 4 nitrogen and oxygen atoms in total. The average Bonchev–Trinajstić information content (AvgIpc) is 2.69. The molecular formula is C24H33N3O. The summed E-state index contributed by atoms with van der Waals surface area (Å²) in [4.78, 5) is 17.1. The van der Waals surface area contributed by atoms with Gasteiger partial charge in [-0.25, -0.2) is 0 Å². The number of aryl methyl sites for hydroxylation is 1. The maximum atomic E-state index is 12.1. The maximum Gasteiger partial charge on any atom is 0.251 e. The predicted octanol–water partition coefficient (Wildman–Crippen LogP) is 4.01. The predicted molar refractivity (Wildman–Crippen MR) is 117 cm³/mol. The standard InChI is InChI=1S/C24H33N3O/c1-18(2)16-25-24(28)22-10-8-21(9-11-22)17-26-12-14-27(15-13-26)23-7-5-6-19(3)20(23)4/h5-11,18H,12-17H2,1-4H3,(H,25,28). The van der Waals surface area contributed by atoms with Gasteiger partial charge in [0.1, 0.15) is 0 Å². The monoisotopic (exact) mass is 379 g/mol. The van der Waals surface area contributed by atoms with E-state index < -0.39 is 0 Å². The van der Waals surface area contributed by atoms with Crippen LogP contribution in [0.5, 0.6) is 0 Å². The molecule has 2 aromatic rings. The van der Waals surface area contributed by atoms with Gasteiger partial charge < -0.3 is 10.2 Å². The molecule has 0 spiro atoms. The van der Waals surface area contributed by atoms with Crippen LogP contribution in [0.1, 0.15) is 40.9 Å². The zero-order valence-corrected chi connectivity index (χ0v) is 17.7. The van der Waals surface area contributed by atoms with Crippen molar-refractivity contribution in [3.63, 3.8) is 0 Å². The lowest BCUT2D eigenvalue weighted by atomic mass is 10.1. The summed E-state index contributed by atoms with van der Waals surface area (Å²) < 4.78 is 0. The van der Waals surface area contributed by atoms with Crippen LogP contribution in [-0.4, -0.2) is 43.5 Å². The van der Waals surface area contributed by atoms with E-state index in [-0.39, 0.29) is 5.91 Å². The number of piperazine rings is 1. The van der Waals surface area contributed by atoms with Gasteiger partial charge in [-0.15, -0.1) is 0 Å². The Labute approximate surface area is 169 Å². The number of amides is 1. The summed E-state index contributed by atoms with van der Waals surface area (Å²) in [6.45, 7) is 14.5. The molecule has 0 unspecified atom stereocenters. The minimum atomic E-state index is 0.0161. The number of nitrogens with one attached hydrogen (secondary N) is 1. The summed E-state index contributed by atoms with van der Waals surface area (Å²) in [5.74, 6) is 0.480. The number of anilines is 1. The van der Waals surface area contributed by atoms with Crippen LogP contribution in [0.2, 0.25) is 0 Å². The molecule has 0 radical (unpaired) electrons. The van der Waals surface area contributed by atoms with E-state index in [1.54, 1.807) is 0 Å². The molecule has 0 bridgehead atoms. The number of hydrogen-bond acceptors (Lipinski definition) is 3. The average molecular weight is 380 g/mol. The van der Waals surface area contributed by atoms with E-state index in [0.29, 0.717) is 12.5 Å². The van der Waals surface area contributed by atoms with Crippen molar-refractivity contribution >= 4 is 11.6 Å². The summed E-state index contributed by atoms with van der Waals surface area (Å²) >= 11 is 0. The summed E-state index contributed by atoms with van der Waals surface area (Å²) in [7, 11) is 0. The normalized spacial score (nSPS) is 15.1. The van der Waals surface area contributed by atoms with Crippen LogP contribution in [-0.2, 0) is 6.54 Å². The second-order valence-corrected chi connectivity index (χ2v) is 8.28. The molecule has 1 N–H and O–H groups in total. The van der Waals surface area contributed by atoms with E-state index in [4.69, 9.17) is 0 Å². The van der Waals surface area contributed by atoms with Gasteiger partial charge in [0, 0.05) is 50.5 Å². The van der Waals surface area contributed by atoms with Crippen molar-refractivity contribution in [1.82, 2.24) is 10.2 Å². The molecule has 1 heterocycles. The minimum absolute atomic E-state index is 0.0161. The van der Waals surface area contributed by atoms with E-state index in [9.17, 15) is 4.79 Å². The Kier molecular flexibility index (Phi) is 6.74. The lowest BCUT2D eigenvalue weighted by Crippen LogP contribution is -2.46. The highest BCUT2D eigenvalue weighted by Crippen LogP contribution is 2.24. The third-order valence-corrected chi connectivity index (χ3v) is 5.58. The number of carbonyl (C=O) groups excluding carboxylic acids is 1. The third kappa shape index (κ3) is 5.14. The van der Waals surface area contributed by atoms with Crippen molar-refractivity contribution in [2.45, 2.75) is 34.2 Å². The van der Waals surface area contributed by atoms with Crippen molar-refractivity contribution in [3.8, 4) is 0 Å². The number of nitrogens with zero attached hydrogens (tertiary/aromatic N) is 2. The van der Waals surface area contributed by atoms with Gasteiger partial charge >= 0.3 is 0 Å². The maximum absolute atomic E-state index is 12.1. The summed E-state index contributed by atoms with van der Waals surface area (Å²) in [6, 6.07) is 14.6. The SMILES string of the molecule is Cc1cccc(N2CCN(Cc3ccc(C(=O)NCC(C)C)cc3)CC2)c1C. The first-order valence-corrected chi connectivity index (χ1v) is 10.3. The fourth-order valence-electron chi connectivity index (χ4n) is 3.64. The van der Waals surface area contributed by atoms with E-state index >= 15 is 0 Å². The van der Waals surface area contributed by atoms with Crippen LogP contribution in [0.4, 0.5) is 5.69 Å². The topological polar surface area (TPSA) is 35.6 Å². The van der Waals surface area contributed by atoms with Gasteiger partial charge in [0.15, 0.2) is 0 Å². The van der Waals surface area contributed by atoms with Gasteiger partial charge in [-0.2, -0.15) is 0 Å². The Bertz CT molecular complexity index is 790. The molecule has 0 saturated carbocycles. The molecule has 2 aromatic carbocycles. The van der Waals surface area contributed by atoms with Gasteiger partial charge in [0.2, 0.25) is 0 Å². The zero-order chi connectivity index (χ0) is 20.1. The Balaban J connectivity index is 1.52. The molecule has 150 valence electrons. The number of benzene rings is 2. The fourth-order valence-corrected chi connectivity index (χ4v) is 3.64. The van der Waals surface area contributed by atoms with Gasteiger partial charge in [-0.3, -0.25) is 9.69 Å². The van der Waals surface area contributed by atoms with Gasteiger partial charge in [-0.1, -0.05) is 38.1 Å². The summed E-state index contributed by atoms with van der Waals surface area (Å²) in [5, 5.41) is 2.97. The lowest BCUT2D eigenvalue weighted by molar-refractivity contribution is 0.0949. The first kappa shape index (κ1) is 20.4. The number of hydrogen-bond donors (Lipinski definition) is 1. The lowest BCUT2D eigenvalue weighted by Gasteiger charge is -2.37. The Hall–Kier alpha value is -2.33. The summed E-state index contributed by atoms with van der Waals surface area (Å²) in [5.41, 5.74) is 6.13. The van der Waals surface area contributed by atoms with E-state index in [1.807, 2.05) is 12.1 Å². The molecule has 0 aliphatic carbocycles. The van der Waals surface area contributed by atoms with Crippen molar-refractivity contribution in [2.24, 2.45) is 5.92 Å². The van der Waals surface area contributed by atoms with Crippen LogP contribution < -0.4 is 10.2 Å². The third-order valence-electron chi connectivity index (χ3n) is 5.58. The van der Waals surface area contributed by atoms with Crippen molar-refractivity contribution in [1.29, 1.82) is 0 Å². The van der Waals surface area contributed by atoms with Crippen LogP contribution in [0.25, 0.3) is 0 Å². The van der Waals surface area contributed by atoms with E-state index in [2.05, 4.69) is 73.1 Å². The first-order chi connectivity index (χ1) is 13.4. The second-order valence-electron chi connectivity index (χ2n) is 8.28. The molecule has 1 aliphatic rings. The van der Waals surface area contributed by atoms with Crippen molar-refractivity contribution in [2.75, 3.05) is 37.6 Å². The van der Waals surface area contributed by atoms with Crippen LogP contribution in [0.3, 0.4) is 0 Å². The summed E-state index contributed by atoms with van der Waals surface area (Å²) in [6.07, 6.45) is 0. The van der Waals surface area contributed by atoms with Gasteiger partial charge in [-0.05, 0) is 54.7 Å². The Morgan fingerprint density at radius 1 is 1.00 bits per heavy atom. The van der Waals surface area contributed by atoms with Crippen molar-refractivity contribution < 1.29 is 4.79 Å². The molecule has 1 fully saturated rings. The molecule has 4 heteroatoms. The largest absolute Gasteiger partial charge is 0.369 e. The minimum Gasteiger partial charge on any atom is -0.369 e. The van der Waals surface area contributed by atoms with E-state index in [0.717, 1.165) is 38.3 Å². The second kappa shape index (κ2) is 9.24. The zero-order valence-electron chi connectivity index (χ0n) is 17.7. The van der Waals surface area contributed by atoms with Gasteiger partial charge in [0.05, 0.1) is 0 Å². The Morgan fingerprint density at radius 2 is 1.68 bits per heavy atom. The van der Waals surface area contributed by atoms with Crippen molar-refractivity contribution in [3.05, 3.63) is 64.7 Å². The quantitative estimate of drug-likeness (QED) is 0.824. The highest BCUT2D eigenvalue weighted by Gasteiger charge is 2.19. The van der Waals surface area contributed by atoms with Crippen LogP contribution >= 0.6 is 0 Å². The number of carbonyl (C=O) groups is 1. The highest BCUT2D eigenvalue weighted by molar-refractivity contribution is 5.94. The Morgan fingerprint density at radius 3 is 2.32 bits per heavy atom. The van der Waals surface area contributed by atoms with Crippen LogP contribution in [0, 0.1) is 19.8 Å². The molecule has 0 aromatic heterocycles. The molecule has 3 rings (SSSR count). The van der Waals surface area contributed by atoms with Crippen LogP contribution in [0.15, 0.2) is 42.5 Å². The highest BCUT2D eigenvalue weighted by atomic mass is 16.1. The molecule has 1 amide bonds. The molecular weight excluding hydrogens is 346 g/mol. The fraction of sp³-hybridized carbons (Fsp3) is 0.458. The van der Waals surface area contributed by atoms with Gasteiger partial charge in [0.25, 0.3) is 5.91 Å². The molecule has 28 heavy (non-hydrogen) atoms. The molecule has 1 saturated heterocycles. The smallest absolute Gasteiger partial charge is 0.251 e. The number of rotatable bonds is 6.